The Labute approximate surface area is 176 Å². The van der Waals surface area contributed by atoms with Crippen LogP contribution >= 0.6 is 30.6 Å². The van der Waals surface area contributed by atoms with Crippen molar-refractivity contribution in [1.29, 1.82) is 0 Å². The number of hydrogen-bond acceptors (Lipinski definition) is 7. The van der Waals surface area contributed by atoms with Crippen molar-refractivity contribution in [2.24, 2.45) is 0 Å². The van der Waals surface area contributed by atoms with E-state index in [0.717, 1.165) is 14.2 Å². The van der Waals surface area contributed by atoms with Gasteiger partial charge in [-0.1, -0.05) is 23.2 Å². The molecule has 2 rings (SSSR count). The Morgan fingerprint density at radius 2 is 1.21 bits per heavy atom. The van der Waals surface area contributed by atoms with Crippen LogP contribution in [0.4, 0.5) is 11.4 Å². The molecule has 156 valence electrons. The van der Waals surface area contributed by atoms with E-state index in [1.807, 2.05) is 0 Å². The number of phenolic OH excluding ortho intramolecular Hbond substituents is 2. The third kappa shape index (κ3) is 5.26. The van der Waals surface area contributed by atoms with Gasteiger partial charge < -0.3 is 29.9 Å². The maximum atomic E-state index is 13.0. The van der Waals surface area contributed by atoms with Crippen LogP contribution in [0.1, 0.15) is 20.7 Å². The van der Waals surface area contributed by atoms with Crippen molar-refractivity contribution in [3.8, 4) is 11.5 Å². The van der Waals surface area contributed by atoms with Crippen molar-refractivity contribution in [3.05, 3.63) is 45.4 Å². The number of carbonyl (C=O) groups is 2. The Balaban J connectivity index is 2.35. The predicted octanol–water partition coefficient (Wildman–Crippen LogP) is 4.32. The van der Waals surface area contributed by atoms with E-state index in [2.05, 4.69) is 19.6 Å². The fraction of sp³-hybridized carbons (Fsp3) is 0.176. The molecule has 0 aliphatic carbocycles. The lowest BCUT2D eigenvalue weighted by Gasteiger charge is -2.20. The van der Waals surface area contributed by atoms with Gasteiger partial charge in [-0.25, -0.2) is 9.59 Å². The number of aromatic hydroxyl groups is 2. The van der Waals surface area contributed by atoms with Crippen molar-refractivity contribution in [1.82, 2.24) is 0 Å². The van der Waals surface area contributed by atoms with E-state index in [4.69, 9.17) is 23.2 Å². The van der Waals surface area contributed by atoms with Gasteiger partial charge in [-0.2, -0.15) is 0 Å². The Hall–Kier alpha value is -2.61. The molecule has 0 amide bonds. The van der Waals surface area contributed by atoms with Crippen molar-refractivity contribution in [2.45, 2.75) is 0 Å². The maximum Gasteiger partial charge on any atom is 0.341 e. The number of benzene rings is 2. The predicted molar refractivity (Wildman–Crippen MR) is 110 cm³/mol. The zero-order valence-corrected chi connectivity index (χ0v) is 17.9. The molecule has 0 aliphatic heterocycles. The highest BCUT2D eigenvalue weighted by atomic mass is 35.5. The minimum atomic E-state index is -3.41. The van der Waals surface area contributed by atoms with Crippen molar-refractivity contribution >= 4 is 54.0 Å². The van der Waals surface area contributed by atoms with Gasteiger partial charge in [0, 0.05) is 18.0 Å². The molecule has 29 heavy (non-hydrogen) atoms. The second kappa shape index (κ2) is 8.82. The number of rotatable bonds is 6. The number of carbonyl (C=O) groups excluding carboxylic acids is 2. The first-order valence-electron chi connectivity index (χ1n) is 7.84. The molecule has 0 aliphatic rings. The number of methoxy groups -OCH3 is 2. The van der Waals surface area contributed by atoms with Crippen LogP contribution in [0, 0.1) is 0 Å². The number of esters is 2. The number of ether oxygens (including phenoxy) is 2. The van der Waals surface area contributed by atoms with Crippen LogP contribution < -0.4 is 10.2 Å². The van der Waals surface area contributed by atoms with E-state index in [0.29, 0.717) is 0 Å². The molecule has 0 bridgehead atoms. The lowest BCUT2D eigenvalue weighted by molar-refractivity contribution is 0.0588. The fourth-order valence-corrected chi connectivity index (χ4v) is 4.12. The standard InChI is InChI=1S/C17H17Cl2N2O7P/c1-27-16(24)10-4-8(6-12(18)14(10)22)20-29(3,26)21-9-5-11(17(25)28-2)15(23)13(19)7-9/h4-7,22-23H,1-3H3,(H2,20,21,26). The summed E-state index contributed by atoms with van der Waals surface area (Å²) in [5, 5.41) is 24.8. The van der Waals surface area contributed by atoms with Gasteiger partial charge in [0.2, 0.25) is 0 Å². The molecule has 0 fully saturated rings. The van der Waals surface area contributed by atoms with Crippen molar-refractivity contribution < 1.29 is 33.8 Å². The number of nitrogens with one attached hydrogen (secondary N) is 2. The third-order valence-corrected chi connectivity index (χ3v) is 5.57. The van der Waals surface area contributed by atoms with Crippen LogP contribution in [-0.2, 0) is 14.0 Å². The molecule has 0 heterocycles. The van der Waals surface area contributed by atoms with Gasteiger partial charge in [0.15, 0.2) is 0 Å². The summed E-state index contributed by atoms with van der Waals surface area (Å²) >= 11 is 11.8. The van der Waals surface area contributed by atoms with E-state index in [1.165, 1.54) is 30.9 Å². The Morgan fingerprint density at radius 1 is 0.862 bits per heavy atom. The van der Waals surface area contributed by atoms with Crippen LogP contribution in [0.25, 0.3) is 0 Å². The smallest absolute Gasteiger partial charge is 0.341 e. The van der Waals surface area contributed by atoms with Gasteiger partial charge in [-0.05, 0) is 24.3 Å². The molecule has 0 saturated carbocycles. The maximum absolute atomic E-state index is 13.0. The van der Waals surface area contributed by atoms with E-state index in [1.54, 1.807) is 0 Å². The van der Waals surface area contributed by atoms with Gasteiger partial charge >= 0.3 is 11.9 Å². The van der Waals surface area contributed by atoms with E-state index in [-0.39, 0.29) is 32.5 Å². The van der Waals surface area contributed by atoms with E-state index < -0.39 is 30.9 Å². The topological polar surface area (TPSA) is 134 Å². The molecule has 2 aromatic rings. The molecule has 0 saturated heterocycles. The number of hydrogen-bond donors (Lipinski definition) is 4. The van der Waals surface area contributed by atoms with E-state index >= 15 is 0 Å². The summed E-state index contributed by atoms with van der Waals surface area (Å²) in [6, 6.07) is 4.97. The average molecular weight is 463 g/mol. The first-order chi connectivity index (χ1) is 13.5. The molecule has 0 spiro atoms. The largest absolute Gasteiger partial charge is 0.505 e. The summed E-state index contributed by atoms with van der Waals surface area (Å²) in [5.41, 5.74) is -0.125. The average Bonchev–Trinajstić information content (AvgIpc) is 2.65. The van der Waals surface area contributed by atoms with Gasteiger partial charge in [-0.3, -0.25) is 4.57 Å². The molecule has 0 aromatic heterocycles. The summed E-state index contributed by atoms with van der Waals surface area (Å²) in [7, 11) is -1.14. The Kier molecular flexibility index (Phi) is 6.89. The molecule has 9 nitrogen and oxygen atoms in total. The minimum Gasteiger partial charge on any atom is -0.505 e. The highest BCUT2D eigenvalue weighted by Crippen LogP contribution is 2.45. The van der Waals surface area contributed by atoms with Gasteiger partial charge in [0.25, 0.3) is 7.44 Å². The second-order valence-corrected chi connectivity index (χ2v) is 8.95. The summed E-state index contributed by atoms with van der Waals surface area (Å²) in [6.07, 6.45) is 0. The van der Waals surface area contributed by atoms with E-state index in [9.17, 15) is 24.4 Å². The molecular weight excluding hydrogens is 446 g/mol. The Bertz CT molecular complexity index is 952. The molecule has 2 aromatic carbocycles. The molecule has 0 unspecified atom stereocenters. The van der Waals surface area contributed by atoms with Crippen molar-refractivity contribution in [2.75, 3.05) is 31.1 Å². The summed E-state index contributed by atoms with van der Waals surface area (Å²) in [6.45, 7) is 1.32. The summed E-state index contributed by atoms with van der Waals surface area (Å²) < 4.78 is 22.1. The number of phenols is 2. The van der Waals surface area contributed by atoms with Gasteiger partial charge in [0.05, 0.1) is 24.3 Å². The molecule has 0 atom stereocenters. The van der Waals surface area contributed by atoms with Gasteiger partial charge in [-0.15, -0.1) is 0 Å². The first-order valence-corrected chi connectivity index (χ1v) is 10.8. The molecular formula is C17H17Cl2N2O7P. The van der Waals surface area contributed by atoms with Crippen LogP contribution in [0.2, 0.25) is 10.0 Å². The minimum absolute atomic E-state index is 0.156. The van der Waals surface area contributed by atoms with Crippen LogP contribution in [0.5, 0.6) is 11.5 Å². The molecule has 12 heteroatoms. The highest BCUT2D eigenvalue weighted by Gasteiger charge is 2.22. The van der Waals surface area contributed by atoms with Crippen LogP contribution in [0.15, 0.2) is 24.3 Å². The number of anilines is 2. The molecule has 0 radical (unpaired) electrons. The third-order valence-electron chi connectivity index (χ3n) is 3.62. The summed E-state index contributed by atoms with van der Waals surface area (Å²) in [5.74, 6) is -2.62. The lowest BCUT2D eigenvalue weighted by atomic mass is 10.2. The monoisotopic (exact) mass is 462 g/mol. The lowest BCUT2D eigenvalue weighted by Crippen LogP contribution is -2.08. The number of halogens is 2. The van der Waals surface area contributed by atoms with Crippen molar-refractivity contribution in [3.63, 3.8) is 0 Å². The normalized spacial score (nSPS) is 10.9. The Morgan fingerprint density at radius 3 is 1.52 bits per heavy atom. The highest BCUT2D eigenvalue weighted by molar-refractivity contribution is 7.66. The van der Waals surface area contributed by atoms with Crippen LogP contribution in [-0.4, -0.2) is 43.0 Å². The first kappa shape index (κ1) is 22.7. The van der Waals surface area contributed by atoms with Gasteiger partial charge in [0.1, 0.15) is 22.6 Å². The van der Waals surface area contributed by atoms with Crippen LogP contribution in [0.3, 0.4) is 0 Å². The SMILES string of the molecule is COC(=O)c1cc(NP(C)(=O)Nc2cc(Cl)c(O)c(C(=O)OC)c2)cc(Cl)c1O. The second-order valence-electron chi connectivity index (χ2n) is 5.84. The fourth-order valence-electron chi connectivity index (χ4n) is 2.38. The summed E-state index contributed by atoms with van der Waals surface area (Å²) in [4.78, 5) is 23.5. The zero-order valence-electron chi connectivity index (χ0n) is 15.4. The zero-order chi connectivity index (χ0) is 21.9. The molecule has 4 N–H and O–H groups in total. The quantitative estimate of drug-likeness (QED) is 0.281.